The lowest BCUT2D eigenvalue weighted by Gasteiger charge is -2.13. The minimum Gasteiger partial charge on any atom is -0.480 e. The topological polar surface area (TPSA) is 118 Å². The number of alkyl halides is 2. The van der Waals surface area contributed by atoms with Crippen molar-refractivity contribution in [2.75, 3.05) is 14.2 Å². The first-order valence-corrected chi connectivity index (χ1v) is 10.5. The summed E-state index contributed by atoms with van der Waals surface area (Å²) < 4.78 is 35.1. The number of ether oxygens (including phenoxy) is 2. The lowest BCUT2D eigenvalue weighted by atomic mass is 10.0. The third-order valence-corrected chi connectivity index (χ3v) is 5.26. The van der Waals surface area contributed by atoms with E-state index in [-0.39, 0.29) is 35.3 Å². The van der Waals surface area contributed by atoms with Crippen LogP contribution in [0.5, 0.6) is 11.6 Å². The molecule has 180 valence electrons. The van der Waals surface area contributed by atoms with Gasteiger partial charge < -0.3 is 20.1 Å². The Bertz CT molecular complexity index is 1390. The molecule has 0 aliphatic rings. The second-order valence-electron chi connectivity index (χ2n) is 7.36. The Morgan fingerprint density at radius 1 is 1.09 bits per heavy atom. The second-order valence-corrected chi connectivity index (χ2v) is 7.36. The largest absolute Gasteiger partial charge is 0.480 e. The van der Waals surface area contributed by atoms with Gasteiger partial charge in [-0.3, -0.25) is 14.7 Å². The van der Waals surface area contributed by atoms with Gasteiger partial charge in [0.05, 0.1) is 12.6 Å². The third kappa shape index (κ3) is 5.03. The zero-order valence-corrected chi connectivity index (χ0v) is 18.8. The van der Waals surface area contributed by atoms with E-state index in [1.54, 1.807) is 48.7 Å². The van der Waals surface area contributed by atoms with Crippen LogP contribution in [0.2, 0.25) is 0 Å². The maximum absolute atomic E-state index is 13.0. The van der Waals surface area contributed by atoms with E-state index < -0.39 is 12.5 Å². The normalized spacial score (nSPS) is 10.9. The first-order valence-electron chi connectivity index (χ1n) is 10.5. The van der Waals surface area contributed by atoms with E-state index in [1.165, 1.54) is 20.2 Å². The summed E-state index contributed by atoms with van der Waals surface area (Å²) in [4.78, 5) is 29.2. The molecule has 2 aromatic heterocycles. The van der Waals surface area contributed by atoms with Crippen molar-refractivity contribution in [3.8, 4) is 22.8 Å². The minimum atomic E-state index is -2.98. The number of halogens is 2. The Labute approximate surface area is 198 Å². The molecule has 9 nitrogen and oxygen atoms in total. The van der Waals surface area contributed by atoms with Crippen LogP contribution in [-0.4, -0.2) is 47.8 Å². The Hall–Kier alpha value is -4.54. The molecule has 4 aromatic rings. The van der Waals surface area contributed by atoms with Crippen molar-refractivity contribution in [1.82, 2.24) is 25.8 Å². The van der Waals surface area contributed by atoms with Crippen LogP contribution in [0.15, 0.2) is 54.7 Å². The highest BCUT2D eigenvalue weighted by Crippen LogP contribution is 2.28. The van der Waals surface area contributed by atoms with Gasteiger partial charge in [-0.15, -0.1) is 0 Å². The average Bonchev–Trinajstić information content (AvgIpc) is 3.30. The molecule has 0 radical (unpaired) electrons. The first-order chi connectivity index (χ1) is 16.9. The van der Waals surface area contributed by atoms with Crippen molar-refractivity contribution < 1.29 is 27.8 Å². The molecule has 0 fully saturated rings. The molecule has 2 amide bonds. The van der Waals surface area contributed by atoms with Crippen LogP contribution in [0.25, 0.3) is 22.0 Å². The Kier molecular flexibility index (Phi) is 6.86. The first kappa shape index (κ1) is 23.6. The third-order valence-electron chi connectivity index (χ3n) is 5.26. The van der Waals surface area contributed by atoms with E-state index in [2.05, 4.69) is 30.6 Å². The van der Waals surface area contributed by atoms with Gasteiger partial charge in [0.2, 0.25) is 5.88 Å². The number of H-pyrrole nitrogens is 1. The lowest BCUT2D eigenvalue weighted by molar-refractivity contribution is -0.0504. The molecule has 0 spiro atoms. The summed E-state index contributed by atoms with van der Waals surface area (Å²) in [7, 11) is 2.92. The van der Waals surface area contributed by atoms with Crippen molar-refractivity contribution >= 4 is 22.7 Å². The summed E-state index contributed by atoms with van der Waals surface area (Å²) in [5.74, 6) is -0.735. The highest BCUT2D eigenvalue weighted by Gasteiger charge is 2.18. The van der Waals surface area contributed by atoms with Gasteiger partial charge in [0.25, 0.3) is 11.8 Å². The van der Waals surface area contributed by atoms with E-state index in [9.17, 15) is 18.4 Å². The van der Waals surface area contributed by atoms with Crippen LogP contribution >= 0.6 is 0 Å². The van der Waals surface area contributed by atoms with Crippen molar-refractivity contribution in [1.29, 1.82) is 0 Å². The molecule has 0 atom stereocenters. The number of nitrogens with one attached hydrogen (secondary N) is 3. The van der Waals surface area contributed by atoms with Gasteiger partial charge in [0.1, 0.15) is 11.3 Å². The van der Waals surface area contributed by atoms with Gasteiger partial charge in [0, 0.05) is 36.3 Å². The zero-order chi connectivity index (χ0) is 24.9. The fourth-order valence-corrected chi connectivity index (χ4v) is 3.56. The number of amides is 2. The van der Waals surface area contributed by atoms with Gasteiger partial charge >= 0.3 is 6.61 Å². The van der Waals surface area contributed by atoms with Gasteiger partial charge in [-0.05, 0) is 29.8 Å². The quantitative estimate of drug-likeness (QED) is 0.354. The number of carbonyl (C=O) groups is 2. The smallest absolute Gasteiger partial charge is 0.387 e. The molecule has 3 N–H and O–H groups in total. The van der Waals surface area contributed by atoms with E-state index in [4.69, 9.17) is 4.74 Å². The number of para-hydroxylation sites is 1. The van der Waals surface area contributed by atoms with E-state index in [0.717, 1.165) is 5.56 Å². The van der Waals surface area contributed by atoms with Crippen LogP contribution in [0.1, 0.15) is 26.4 Å². The maximum Gasteiger partial charge on any atom is 0.387 e. The number of aromatic amines is 1. The van der Waals surface area contributed by atoms with Gasteiger partial charge in [-0.25, -0.2) is 4.98 Å². The molecular formula is C24H21F2N5O4. The van der Waals surface area contributed by atoms with Crippen LogP contribution in [-0.2, 0) is 6.54 Å². The van der Waals surface area contributed by atoms with Crippen molar-refractivity contribution in [3.63, 3.8) is 0 Å². The lowest BCUT2D eigenvalue weighted by Crippen LogP contribution is -2.24. The number of benzene rings is 2. The van der Waals surface area contributed by atoms with Crippen molar-refractivity contribution in [2.45, 2.75) is 13.2 Å². The summed E-state index contributed by atoms with van der Waals surface area (Å²) >= 11 is 0. The number of carbonyl (C=O) groups excluding carboxylic acids is 2. The average molecular weight is 481 g/mol. The van der Waals surface area contributed by atoms with Gasteiger partial charge in [-0.2, -0.15) is 13.9 Å². The Balaban J connectivity index is 1.60. The van der Waals surface area contributed by atoms with Crippen molar-refractivity contribution in [3.05, 3.63) is 71.5 Å². The number of hydrogen-bond donors (Lipinski definition) is 3. The van der Waals surface area contributed by atoms with Gasteiger partial charge in [-0.1, -0.05) is 24.3 Å². The fraction of sp³-hybridized carbons (Fsp3) is 0.167. The molecule has 2 heterocycles. The predicted octanol–water partition coefficient (Wildman–Crippen LogP) is 3.52. The molecule has 2 aromatic carbocycles. The number of pyridine rings is 1. The Morgan fingerprint density at radius 2 is 1.89 bits per heavy atom. The fourth-order valence-electron chi connectivity index (χ4n) is 3.56. The summed E-state index contributed by atoms with van der Waals surface area (Å²) in [6.45, 7) is -3.02. The summed E-state index contributed by atoms with van der Waals surface area (Å²) in [6.07, 6.45) is 1.55. The minimum absolute atomic E-state index is 0.0226. The molecule has 0 saturated carbocycles. The monoisotopic (exact) mass is 481 g/mol. The highest BCUT2D eigenvalue weighted by molar-refractivity contribution is 6.05. The molecule has 0 saturated heterocycles. The molecule has 35 heavy (non-hydrogen) atoms. The van der Waals surface area contributed by atoms with E-state index in [1.807, 2.05) is 0 Å². The van der Waals surface area contributed by atoms with Crippen molar-refractivity contribution in [2.24, 2.45) is 0 Å². The molecule has 4 rings (SSSR count). The molecule has 0 aliphatic carbocycles. The SMILES string of the molecule is CNC(=O)c1n[nH]c2cc(-c3cnc(OC)c(C(=O)NCc4ccccc4OC(F)F)c3)ccc12. The number of nitrogens with zero attached hydrogens (tertiary/aromatic N) is 2. The maximum atomic E-state index is 13.0. The number of methoxy groups -OCH3 is 1. The summed E-state index contributed by atoms with van der Waals surface area (Å²) in [5, 5.41) is 12.8. The molecule has 11 heteroatoms. The Morgan fingerprint density at radius 3 is 2.63 bits per heavy atom. The van der Waals surface area contributed by atoms with E-state index in [0.29, 0.717) is 22.0 Å². The summed E-state index contributed by atoms with van der Waals surface area (Å²) in [5.41, 5.74) is 2.81. The highest BCUT2D eigenvalue weighted by atomic mass is 19.3. The second kappa shape index (κ2) is 10.2. The van der Waals surface area contributed by atoms with Crippen LogP contribution in [0.4, 0.5) is 8.78 Å². The molecule has 0 aliphatic heterocycles. The van der Waals surface area contributed by atoms with Gasteiger partial charge in [0.15, 0.2) is 5.69 Å². The van der Waals surface area contributed by atoms with Crippen LogP contribution < -0.4 is 20.1 Å². The number of hydrogen-bond acceptors (Lipinski definition) is 6. The number of fused-ring (bicyclic) bond motifs is 1. The van der Waals surface area contributed by atoms with Crippen LogP contribution in [0, 0.1) is 0 Å². The van der Waals surface area contributed by atoms with E-state index >= 15 is 0 Å². The number of rotatable bonds is 8. The van der Waals surface area contributed by atoms with Crippen LogP contribution in [0.3, 0.4) is 0 Å². The molecular weight excluding hydrogens is 460 g/mol. The molecule has 0 bridgehead atoms. The summed E-state index contributed by atoms with van der Waals surface area (Å²) in [6, 6.07) is 13.1. The standard InChI is InChI=1S/C24H21F2N5O4/c1-27-22(33)20-16-8-7-13(10-18(16)30-31-20)15-9-17(23(34-2)29-12-15)21(32)28-11-14-5-3-4-6-19(14)35-24(25)26/h3-10,12,24H,11H2,1-2H3,(H,27,33)(H,28,32)(H,30,31). The predicted molar refractivity (Wildman–Crippen MR) is 124 cm³/mol. The molecule has 0 unspecified atom stereocenters. The zero-order valence-electron chi connectivity index (χ0n) is 18.8. The number of aromatic nitrogens is 3.